The zero-order chi connectivity index (χ0) is 21.1. The van der Waals surface area contributed by atoms with E-state index < -0.39 is 5.92 Å². The average molecular weight is 406 g/mol. The minimum absolute atomic E-state index is 0.0887. The van der Waals surface area contributed by atoms with Gasteiger partial charge in [0.1, 0.15) is 0 Å². The standard InChI is InChI=1S/C23H26N4O3/c1-24-23(30)22(16-7-8-19-20(11-16)26-21(29)12-25-19)18(15-5-3-2-4-6-15)14-27-10-9-17(28)13-27/h2-8,11-12,17-18,22,28H,9-10,13-14H2,1H3,(H,24,30)(H,26,29)/t17-,18+,22?/m0/s1. The second-order valence-electron chi connectivity index (χ2n) is 7.84. The van der Waals surface area contributed by atoms with Gasteiger partial charge in [-0.15, -0.1) is 0 Å². The molecule has 3 N–H and O–H groups in total. The van der Waals surface area contributed by atoms with E-state index in [1.165, 1.54) is 6.20 Å². The fraction of sp³-hybridized carbons (Fsp3) is 0.348. The van der Waals surface area contributed by atoms with Gasteiger partial charge in [-0.05, 0) is 29.7 Å². The molecule has 3 aromatic rings. The Morgan fingerprint density at radius 2 is 2.07 bits per heavy atom. The van der Waals surface area contributed by atoms with Gasteiger partial charge < -0.3 is 20.3 Å². The molecule has 7 nitrogen and oxygen atoms in total. The predicted molar refractivity (Wildman–Crippen MR) is 115 cm³/mol. The van der Waals surface area contributed by atoms with Gasteiger partial charge in [-0.2, -0.15) is 0 Å². The fourth-order valence-electron chi connectivity index (χ4n) is 4.33. The molecule has 1 amide bonds. The van der Waals surface area contributed by atoms with E-state index in [9.17, 15) is 14.7 Å². The smallest absolute Gasteiger partial charge is 0.266 e. The second kappa shape index (κ2) is 8.77. The quantitative estimate of drug-likeness (QED) is 0.578. The lowest BCUT2D eigenvalue weighted by molar-refractivity contribution is -0.122. The number of β-amino-alcohol motifs (C(OH)–C–C–N with tert-alkyl or cyclic N) is 1. The first-order valence-corrected chi connectivity index (χ1v) is 10.2. The van der Waals surface area contributed by atoms with Crippen LogP contribution in [-0.4, -0.2) is 58.7 Å². The molecule has 1 aliphatic heterocycles. The van der Waals surface area contributed by atoms with Crippen molar-refractivity contribution in [2.45, 2.75) is 24.4 Å². The van der Waals surface area contributed by atoms with Crippen LogP contribution in [0.1, 0.15) is 29.4 Å². The van der Waals surface area contributed by atoms with Crippen molar-refractivity contribution in [3.63, 3.8) is 0 Å². The molecule has 0 saturated carbocycles. The molecular formula is C23H26N4O3. The molecule has 3 atom stereocenters. The molecule has 1 saturated heterocycles. The lowest BCUT2D eigenvalue weighted by atomic mass is 9.80. The maximum absolute atomic E-state index is 13.1. The number of fused-ring (bicyclic) bond motifs is 1. The van der Waals surface area contributed by atoms with Gasteiger partial charge in [0, 0.05) is 32.6 Å². The van der Waals surface area contributed by atoms with Crippen LogP contribution >= 0.6 is 0 Å². The highest BCUT2D eigenvalue weighted by molar-refractivity contribution is 5.86. The molecule has 30 heavy (non-hydrogen) atoms. The Hall–Kier alpha value is -3.03. The number of aromatic amines is 1. The van der Waals surface area contributed by atoms with E-state index in [0.29, 0.717) is 24.1 Å². The minimum Gasteiger partial charge on any atom is -0.392 e. The van der Waals surface area contributed by atoms with Crippen molar-refractivity contribution in [3.8, 4) is 0 Å². The normalized spacial score (nSPS) is 18.9. The number of nitrogens with one attached hydrogen (secondary N) is 2. The van der Waals surface area contributed by atoms with Gasteiger partial charge >= 0.3 is 0 Å². The van der Waals surface area contributed by atoms with Crippen molar-refractivity contribution >= 4 is 16.9 Å². The molecule has 0 bridgehead atoms. The van der Waals surface area contributed by atoms with Crippen LogP contribution in [0.2, 0.25) is 0 Å². The SMILES string of the molecule is CNC(=O)C(c1ccc2ncc(=O)[nH]c2c1)[C@H](CN1CC[C@H](O)C1)c1ccccc1. The number of carbonyl (C=O) groups is 1. The summed E-state index contributed by atoms with van der Waals surface area (Å²) in [5.74, 6) is -0.658. The maximum atomic E-state index is 13.1. The number of rotatable bonds is 6. The van der Waals surface area contributed by atoms with Crippen LogP contribution in [-0.2, 0) is 4.79 Å². The van der Waals surface area contributed by atoms with Crippen LogP contribution in [0.3, 0.4) is 0 Å². The number of nitrogens with zero attached hydrogens (tertiary/aromatic N) is 2. The van der Waals surface area contributed by atoms with Gasteiger partial charge in [0.15, 0.2) is 0 Å². The summed E-state index contributed by atoms with van der Waals surface area (Å²) < 4.78 is 0. The molecule has 156 valence electrons. The van der Waals surface area contributed by atoms with Gasteiger partial charge in [-0.25, -0.2) is 4.98 Å². The van der Waals surface area contributed by atoms with Crippen LogP contribution in [0, 0.1) is 0 Å². The fourth-order valence-corrected chi connectivity index (χ4v) is 4.33. The molecule has 1 fully saturated rings. The van der Waals surface area contributed by atoms with Gasteiger partial charge in [0.2, 0.25) is 5.91 Å². The summed E-state index contributed by atoms with van der Waals surface area (Å²) in [6.45, 7) is 2.07. The summed E-state index contributed by atoms with van der Waals surface area (Å²) in [4.78, 5) is 34.0. The average Bonchev–Trinajstić information content (AvgIpc) is 3.18. The minimum atomic E-state index is -0.455. The van der Waals surface area contributed by atoms with Crippen molar-refractivity contribution in [3.05, 3.63) is 76.2 Å². The lowest BCUT2D eigenvalue weighted by Crippen LogP contribution is -2.36. The van der Waals surface area contributed by atoms with Crippen LogP contribution in [0.4, 0.5) is 0 Å². The number of aromatic nitrogens is 2. The topological polar surface area (TPSA) is 98.3 Å². The largest absolute Gasteiger partial charge is 0.392 e. The van der Waals surface area contributed by atoms with Crippen molar-refractivity contribution in [1.82, 2.24) is 20.2 Å². The monoisotopic (exact) mass is 406 g/mol. The predicted octanol–water partition coefficient (Wildman–Crippen LogP) is 1.60. The highest BCUT2D eigenvalue weighted by Gasteiger charge is 2.34. The number of hydrogen-bond acceptors (Lipinski definition) is 5. The number of likely N-dealkylation sites (N-methyl/N-ethyl adjacent to an activating group) is 1. The van der Waals surface area contributed by atoms with E-state index >= 15 is 0 Å². The second-order valence-corrected chi connectivity index (χ2v) is 7.84. The number of carbonyl (C=O) groups excluding carboxylic acids is 1. The highest BCUT2D eigenvalue weighted by Crippen LogP contribution is 2.35. The van der Waals surface area contributed by atoms with Crippen LogP contribution < -0.4 is 10.9 Å². The van der Waals surface area contributed by atoms with Crippen molar-refractivity contribution in [1.29, 1.82) is 0 Å². The Balaban J connectivity index is 1.78. The first kappa shape index (κ1) is 20.3. The molecule has 0 spiro atoms. The molecule has 1 aromatic heterocycles. The zero-order valence-corrected chi connectivity index (χ0v) is 16.9. The van der Waals surface area contributed by atoms with Gasteiger partial charge in [-0.3, -0.25) is 9.59 Å². The molecule has 0 radical (unpaired) electrons. The van der Waals surface area contributed by atoms with E-state index in [2.05, 4.69) is 20.2 Å². The number of amides is 1. The number of H-pyrrole nitrogens is 1. The lowest BCUT2D eigenvalue weighted by Gasteiger charge is -2.30. The van der Waals surface area contributed by atoms with Gasteiger partial charge in [-0.1, -0.05) is 36.4 Å². The Bertz CT molecular complexity index is 1080. The Labute approximate surface area is 174 Å². The summed E-state index contributed by atoms with van der Waals surface area (Å²) in [6, 6.07) is 15.6. The third-order valence-corrected chi connectivity index (χ3v) is 5.82. The summed E-state index contributed by atoms with van der Waals surface area (Å²) >= 11 is 0. The summed E-state index contributed by atoms with van der Waals surface area (Å²) in [7, 11) is 1.64. The number of hydrogen-bond donors (Lipinski definition) is 3. The maximum Gasteiger partial charge on any atom is 0.266 e. The molecule has 1 unspecified atom stereocenters. The van der Waals surface area contributed by atoms with E-state index in [-0.39, 0.29) is 23.5 Å². The summed E-state index contributed by atoms with van der Waals surface area (Å²) in [5, 5.41) is 12.8. The van der Waals surface area contributed by atoms with Crippen molar-refractivity contribution in [2.24, 2.45) is 0 Å². The highest BCUT2D eigenvalue weighted by atomic mass is 16.3. The molecule has 2 aromatic carbocycles. The molecule has 2 heterocycles. The number of aliphatic hydroxyl groups is 1. The Morgan fingerprint density at radius 1 is 1.27 bits per heavy atom. The van der Waals surface area contributed by atoms with Crippen LogP contribution in [0.25, 0.3) is 11.0 Å². The van der Waals surface area contributed by atoms with E-state index in [0.717, 1.165) is 24.1 Å². The zero-order valence-electron chi connectivity index (χ0n) is 16.9. The third kappa shape index (κ3) is 4.27. The van der Waals surface area contributed by atoms with Gasteiger partial charge in [0.05, 0.1) is 29.3 Å². The molecule has 1 aliphatic rings. The number of aliphatic hydroxyl groups excluding tert-OH is 1. The Kier molecular flexibility index (Phi) is 5.92. The van der Waals surface area contributed by atoms with E-state index in [4.69, 9.17) is 0 Å². The van der Waals surface area contributed by atoms with Gasteiger partial charge in [0.25, 0.3) is 5.56 Å². The number of likely N-dealkylation sites (tertiary alicyclic amines) is 1. The molecular weight excluding hydrogens is 380 g/mol. The van der Waals surface area contributed by atoms with E-state index in [1.54, 1.807) is 7.05 Å². The van der Waals surface area contributed by atoms with Crippen molar-refractivity contribution in [2.75, 3.05) is 26.7 Å². The van der Waals surface area contributed by atoms with Crippen LogP contribution in [0.15, 0.2) is 59.5 Å². The molecule has 4 rings (SSSR count). The Morgan fingerprint density at radius 3 is 2.77 bits per heavy atom. The third-order valence-electron chi connectivity index (χ3n) is 5.82. The summed E-state index contributed by atoms with van der Waals surface area (Å²) in [6.07, 6.45) is 1.68. The molecule has 7 heteroatoms. The van der Waals surface area contributed by atoms with Crippen molar-refractivity contribution < 1.29 is 9.90 Å². The number of benzene rings is 2. The van der Waals surface area contributed by atoms with E-state index in [1.807, 2.05) is 48.5 Å². The summed E-state index contributed by atoms with van der Waals surface area (Å²) in [5.41, 5.74) is 2.89. The molecule has 0 aliphatic carbocycles. The van der Waals surface area contributed by atoms with Crippen LogP contribution in [0.5, 0.6) is 0 Å². The first-order chi connectivity index (χ1) is 14.5. The first-order valence-electron chi connectivity index (χ1n) is 10.2.